The van der Waals surface area contributed by atoms with Crippen LogP contribution in [0.25, 0.3) is 27.6 Å². The second-order valence-corrected chi connectivity index (χ2v) is 12.4. The van der Waals surface area contributed by atoms with Crippen molar-refractivity contribution >= 4 is 22.4 Å². The van der Waals surface area contributed by atoms with Crippen molar-refractivity contribution in [3.8, 4) is 11.1 Å². The minimum Gasteiger partial charge on any atom is -0.458 e. The predicted molar refractivity (Wildman–Crippen MR) is 164 cm³/mol. The zero-order valence-corrected chi connectivity index (χ0v) is 25.2. The van der Waals surface area contributed by atoms with Crippen LogP contribution in [0.2, 0.25) is 0 Å². The average molecular weight is 584 g/mol. The fraction of sp³-hybridized carbons (Fsp3) is 0.500. The summed E-state index contributed by atoms with van der Waals surface area (Å²) in [7, 11) is 0. The summed E-state index contributed by atoms with van der Waals surface area (Å²) in [5.74, 6) is -0.551. The summed E-state index contributed by atoms with van der Waals surface area (Å²) in [5.41, 5.74) is 7.38. The number of para-hydroxylation sites is 1. The van der Waals surface area contributed by atoms with Gasteiger partial charge in [-0.15, -0.1) is 0 Å². The monoisotopic (exact) mass is 583 g/mol. The lowest BCUT2D eigenvalue weighted by molar-refractivity contribution is -0.162. The second-order valence-electron chi connectivity index (χ2n) is 12.4. The van der Waals surface area contributed by atoms with E-state index < -0.39 is 28.8 Å². The SMILES string of the molecule is CCCCCCCCC(N)(C(=O)OC(C)(C)C)c1[nH]c2ccccc2c1-c1ccc(C(F)(F)F)c(C2=CCNCC2)c1. The van der Waals surface area contributed by atoms with Gasteiger partial charge in [0.15, 0.2) is 5.54 Å². The molecule has 4 rings (SSSR count). The van der Waals surface area contributed by atoms with Crippen LogP contribution in [0.15, 0.2) is 48.5 Å². The second kappa shape index (κ2) is 13.0. The minimum atomic E-state index is -4.51. The van der Waals surface area contributed by atoms with E-state index in [2.05, 4.69) is 17.2 Å². The molecule has 0 spiro atoms. The van der Waals surface area contributed by atoms with Crippen LogP contribution in [0.3, 0.4) is 0 Å². The molecule has 1 aromatic heterocycles. The number of carbonyl (C=O) groups is 1. The number of rotatable bonds is 11. The Labute approximate surface area is 247 Å². The van der Waals surface area contributed by atoms with Crippen LogP contribution in [0, 0.1) is 0 Å². The highest BCUT2D eigenvalue weighted by atomic mass is 19.4. The van der Waals surface area contributed by atoms with E-state index in [9.17, 15) is 18.0 Å². The Morgan fingerprint density at radius 3 is 2.38 bits per heavy atom. The number of H-pyrrole nitrogens is 1. The Bertz CT molecular complexity index is 1420. The Morgan fingerprint density at radius 1 is 1.00 bits per heavy atom. The highest BCUT2D eigenvalue weighted by molar-refractivity contribution is 6.01. The molecule has 228 valence electrons. The van der Waals surface area contributed by atoms with Gasteiger partial charge < -0.3 is 20.8 Å². The van der Waals surface area contributed by atoms with Crippen LogP contribution < -0.4 is 11.1 Å². The summed E-state index contributed by atoms with van der Waals surface area (Å²) < 4.78 is 48.4. The highest BCUT2D eigenvalue weighted by Crippen LogP contribution is 2.44. The summed E-state index contributed by atoms with van der Waals surface area (Å²) in [4.78, 5) is 17.3. The Balaban J connectivity index is 1.88. The van der Waals surface area contributed by atoms with Gasteiger partial charge in [-0.3, -0.25) is 0 Å². The molecule has 1 unspecified atom stereocenters. The van der Waals surface area contributed by atoms with Gasteiger partial charge in [-0.1, -0.05) is 75.8 Å². The van der Waals surface area contributed by atoms with E-state index in [1.807, 2.05) is 30.3 Å². The molecule has 4 N–H and O–H groups in total. The fourth-order valence-electron chi connectivity index (χ4n) is 5.74. The number of esters is 1. The first-order valence-corrected chi connectivity index (χ1v) is 15.1. The Hall–Kier alpha value is -3.10. The molecule has 0 aliphatic carbocycles. The summed E-state index contributed by atoms with van der Waals surface area (Å²) in [6.45, 7) is 8.69. The summed E-state index contributed by atoms with van der Waals surface area (Å²) in [6.07, 6.45) is 4.25. The molecular formula is C34H44F3N3O2. The van der Waals surface area contributed by atoms with E-state index >= 15 is 0 Å². The van der Waals surface area contributed by atoms with Gasteiger partial charge >= 0.3 is 12.1 Å². The van der Waals surface area contributed by atoms with Gasteiger partial charge in [0.2, 0.25) is 0 Å². The van der Waals surface area contributed by atoms with E-state index in [0.717, 1.165) is 49.1 Å². The zero-order chi connectivity index (χ0) is 30.5. The van der Waals surface area contributed by atoms with E-state index in [1.54, 1.807) is 26.8 Å². The molecular weight excluding hydrogens is 539 g/mol. The lowest BCUT2D eigenvalue weighted by Crippen LogP contribution is -2.49. The maximum Gasteiger partial charge on any atom is 0.416 e. The van der Waals surface area contributed by atoms with Crippen LogP contribution in [-0.2, 0) is 21.2 Å². The van der Waals surface area contributed by atoms with Crippen molar-refractivity contribution in [2.24, 2.45) is 5.73 Å². The van der Waals surface area contributed by atoms with Crippen molar-refractivity contribution in [3.05, 3.63) is 65.4 Å². The molecule has 0 fully saturated rings. The molecule has 1 aliphatic heterocycles. The number of halogens is 3. The quantitative estimate of drug-likeness (QED) is 0.156. The first-order valence-electron chi connectivity index (χ1n) is 15.1. The minimum absolute atomic E-state index is 0.161. The molecule has 3 aromatic rings. The van der Waals surface area contributed by atoms with Crippen molar-refractivity contribution < 1.29 is 22.7 Å². The molecule has 2 heterocycles. The van der Waals surface area contributed by atoms with Gasteiger partial charge in [0.25, 0.3) is 0 Å². The number of benzene rings is 2. The van der Waals surface area contributed by atoms with E-state index in [1.165, 1.54) is 6.07 Å². The molecule has 0 saturated carbocycles. The van der Waals surface area contributed by atoms with Crippen molar-refractivity contribution in [2.75, 3.05) is 13.1 Å². The fourth-order valence-corrected chi connectivity index (χ4v) is 5.74. The topological polar surface area (TPSA) is 80.1 Å². The number of aromatic nitrogens is 1. The third kappa shape index (κ3) is 7.27. The molecule has 8 heteroatoms. The number of fused-ring (bicyclic) bond motifs is 1. The summed E-state index contributed by atoms with van der Waals surface area (Å²) in [6, 6.07) is 11.8. The van der Waals surface area contributed by atoms with E-state index in [0.29, 0.717) is 54.7 Å². The average Bonchev–Trinajstić information content (AvgIpc) is 3.34. The van der Waals surface area contributed by atoms with E-state index in [-0.39, 0.29) is 5.56 Å². The largest absolute Gasteiger partial charge is 0.458 e. The smallest absolute Gasteiger partial charge is 0.416 e. The van der Waals surface area contributed by atoms with Gasteiger partial charge in [-0.05, 0) is 75.1 Å². The Kier molecular flexibility index (Phi) is 9.88. The molecule has 0 amide bonds. The van der Waals surface area contributed by atoms with Crippen molar-refractivity contribution in [1.82, 2.24) is 10.3 Å². The Morgan fingerprint density at radius 2 is 1.71 bits per heavy atom. The molecule has 5 nitrogen and oxygen atoms in total. The number of nitrogens with one attached hydrogen (secondary N) is 2. The van der Waals surface area contributed by atoms with Crippen LogP contribution in [-0.4, -0.2) is 29.6 Å². The number of ether oxygens (including phenoxy) is 1. The number of hydrogen-bond donors (Lipinski definition) is 3. The highest BCUT2D eigenvalue weighted by Gasteiger charge is 2.43. The van der Waals surface area contributed by atoms with Crippen LogP contribution in [0.4, 0.5) is 13.2 Å². The van der Waals surface area contributed by atoms with Gasteiger partial charge in [-0.25, -0.2) is 4.79 Å². The van der Waals surface area contributed by atoms with Crippen LogP contribution >= 0.6 is 0 Å². The molecule has 42 heavy (non-hydrogen) atoms. The van der Waals surface area contributed by atoms with Crippen molar-refractivity contribution in [2.45, 2.75) is 96.4 Å². The number of aromatic amines is 1. The van der Waals surface area contributed by atoms with Gasteiger partial charge in [-0.2, -0.15) is 13.2 Å². The van der Waals surface area contributed by atoms with Crippen molar-refractivity contribution in [3.63, 3.8) is 0 Å². The number of alkyl halides is 3. The standard InChI is InChI=1S/C34H44F3N3O2/c1-5-6-7-8-9-12-19-33(38,31(41)42-32(2,3)4)30-29(25-13-10-11-14-28(25)40-30)24-15-16-27(34(35,36)37)26(22-24)23-17-20-39-21-18-23/h10-11,13-17,22,39-40H,5-9,12,18-21,38H2,1-4H3. The maximum atomic E-state index is 14.2. The van der Waals surface area contributed by atoms with Crippen LogP contribution in [0.1, 0.15) is 95.9 Å². The number of hydrogen-bond acceptors (Lipinski definition) is 4. The molecule has 1 aliphatic rings. The molecule has 1 atom stereocenters. The maximum absolute atomic E-state index is 14.2. The van der Waals surface area contributed by atoms with Crippen molar-refractivity contribution in [1.29, 1.82) is 0 Å². The van der Waals surface area contributed by atoms with Gasteiger partial charge in [0, 0.05) is 23.0 Å². The first-order chi connectivity index (χ1) is 19.8. The molecule has 0 radical (unpaired) electrons. The zero-order valence-electron chi connectivity index (χ0n) is 25.2. The number of carbonyl (C=O) groups excluding carboxylic acids is 1. The first kappa shape index (κ1) is 31.8. The summed E-state index contributed by atoms with van der Waals surface area (Å²) >= 11 is 0. The van der Waals surface area contributed by atoms with Gasteiger partial charge in [0.1, 0.15) is 5.60 Å². The van der Waals surface area contributed by atoms with Crippen LogP contribution in [0.5, 0.6) is 0 Å². The lowest BCUT2D eigenvalue weighted by Gasteiger charge is -2.32. The predicted octanol–water partition coefficient (Wildman–Crippen LogP) is 8.48. The molecule has 2 aromatic carbocycles. The van der Waals surface area contributed by atoms with Gasteiger partial charge in [0.05, 0.1) is 11.3 Å². The number of unbranched alkanes of at least 4 members (excludes halogenated alkanes) is 5. The third-order valence-corrected chi connectivity index (χ3v) is 7.86. The number of nitrogens with two attached hydrogens (primary N) is 1. The summed E-state index contributed by atoms with van der Waals surface area (Å²) in [5, 5.41) is 3.96. The normalized spacial score (nSPS) is 15.9. The molecule has 0 saturated heterocycles. The molecule has 0 bridgehead atoms. The third-order valence-electron chi connectivity index (χ3n) is 7.86. The van der Waals surface area contributed by atoms with E-state index in [4.69, 9.17) is 10.5 Å². The lowest BCUT2D eigenvalue weighted by atomic mass is 9.83.